The quantitative estimate of drug-likeness (QED) is 0.804. The minimum absolute atomic E-state index is 0.918. The molecule has 0 unspecified atom stereocenters. The van der Waals surface area contributed by atoms with E-state index in [2.05, 4.69) is 41.4 Å². The molecule has 0 saturated heterocycles. The molecule has 0 aliphatic heterocycles. The van der Waals surface area contributed by atoms with Gasteiger partial charge in [-0.05, 0) is 18.4 Å². The van der Waals surface area contributed by atoms with Crippen LogP contribution in [0, 0.1) is 6.07 Å². The lowest BCUT2D eigenvalue weighted by Gasteiger charge is -2.05. The van der Waals surface area contributed by atoms with E-state index < -0.39 is 0 Å². The molecule has 0 spiro atoms. The van der Waals surface area contributed by atoms with Gasteiger partial charge < -0.3 is 0 Å². The predicted molar refractivity (Wildman–Crippen MR) is 61.5 cm³/mol. The maximum Gasteiger partial charge on any atom is 0.100 e. The normalized spacial score (nSPS) is 10.5. The zero-order valence-electron chi connectivity index (χ0n) is 8.96. The first-order valence-corrected chi connectivity index (χ1v) is 5.41. The Morgan fingerprint density at radius 3 is 2.93 bits per heavy atom. The van der Waals surface area contributed by atoms with Crippen molar-refractivity contribution < 1.29 is 0 Å². The summed E-state index contributed by atoms with van der Waals surface area (Å²) in [5.74, 6) is 0. The molecule has 0 saturated carbocycles. The van der Waals surface area contributed by atoms with Crippen LogP contribution in [0.3, 0.4) is 0 Å². The van der Waals surface area contributed by atoms with Crippen molar-refractivity contribution in [3.05, 3.63) is 42.1 Å². The monoisotopic (exact) mass is 199 g/mol. The van der Waals surface area contributed by atoms with Crippen LogP contribution >= 0.6 is 0 Å². The number of H-pyrrole nitrogens is 1. The number of unbranched alkanes of at least 4 members (excludes halogenated alkanes) is 1. The number of aromatic amines is 1. The summed E-state index contributed by atoms with van der Waals surface area (Å²) in [7, 11) is 0. The van der Waals surface area contributed by atoms with Gasteiger partial charge in [0.25, 0.3) is 0 Å². The van der Waals surface area contributed by atoms with Crippen molar-refractivity contribution in [1.82, 2.24) is 10.2 Å². The zero-order chi connectivity index (χ0) is 10.5. The fourth-order valence-electron chi connectivity index (χ4n) is 1.70. The SMILES string of the molecule is CCCCc1ccccc1-c1[c]c[nH]n1. The second-order valence-electron chi connectivity index (χ2n) is 3.64. The Kier molecular flexibility index (Phi) is 3.18. The summed E-state index contributed by atoms with van der Waals surface area (Å²) in [6.07, 6.45) is 5.30. The summed E-state index contributed by atoms with van der Waals surface area (Å²) in [5, 5.41) is 6.98. The molecule has 2 aromatic rings. The average Bonchev–Trinajstić information content (AvgIpc) is 2.80. The highest BCUT2D eigenvalue weighted by atomic mass is 15.1. The first kappa shape index (κ1) is 9.97. The lowest BCUT2D eigenvalue weighted by atomic mass is 10.00. The van der Waals surface area contributed by atoms with Gasteiger partial charge in [-0.1, -0.05) is 37.6 Å². The summed E-state index contributed by atoms with van der Waals surface area (Å²) in [5.41, 5.74) is 3.48. The number of benzene rings is 1. The Morgan fingerprint density at radius 2 is 2.20 bits per heavy atom. The summed E-state index contributed by atoms with van der Waals surface area (Å²) in [6, 6.07) is 11.5. The first-order valence-electron chi connectivity index (χ1n) is 5.41. The average molecular weight is 199 g/mol. The Labute approximate surface area is 90.3 Å². The van der Waals surface area contributed by atoms with Crippen molar-refractivity contribution in [1.29, 1.82) is 0 Å². The summed E-state index contributed by atoms with van der Waals surface area (Å²) in [6.45, 7) is 2.21. The van der Waals surface area contributed by atoms with Crippen LogP contribution in [-0.4, -0.2) is 10.2 Å². The van der Waals surface area contributed by atoms with Crippen molar-refractivity contribution >= 4 is 0 Å². The van der Waals surface area contributed by atoms with Crippen LogP contribution in [0.5, 0.6) is 0 Å². The molecule has 1 heterocycles. The number of nitrogens with one attached hydrogen (secondary N) is 1. The molecule has 2 rings (SSSR count). The highest BCUT2D eigenvalue weighted by molar-refractivity contribution is 5.62. The Hall–Kier alpha value is -1.57. The molecule has 0 atom stereocenters. The van der Waals surface area contributed by atoms with E-state index >= 15 is 0 Å². The van der Waals surface area contributed by atoms with E-state index in [1.165, 1.54) is 24.0 Å². The molecule has 0 bridgehead atoms. The third-order valence-corrected chi connectivity index (χ3v) is 2.52. The van der Waals surface area contributed by atoms with Gasteiger partial charge in [-0.15, -0.1) is 0 Å². The molecule has 1 N–H and O–H groups in total. The van der Waals surface area contributed by atoms with Crippen molar-refractivity contribution in [2.24, 2.45) is 0 Å². The topological polar surface area (TPSA) is 28.7 Å². The lowest BCUT2D eigenvalue weighted by molar-refractivity contribution is 0.796. The highest BCUT2D eigenvalue weighted by Gasteiger charge is 2.05. The van der Waals surface area contributed by atoms with Crippen molar-refractivity contribution in [3.8, 4) is 11.3 Å². The first-order chi connectivity index (χ1) is 7.42. The molecule has 0 aliphatic carbocycles. The Bertz CT molecular complexity index is 404. The van der Waals surface area contributed by atoms with E-state index in [9.17, 15) is 0 Å². The Morgan fingerprint density at radius 1 is 1.33 bits per heavy atom. The molecule has 2 heteroatoms. The van der Waals surface area contributed by atoms with Crippen LogP contribution in [0.15, 0.2) is 30.5 Å². The molecule has 0 amide bonds. The fraction of sp³-hybridized carbons (Fsp3) is 0.308. The molecule has 1 aromatic carbocycles. The summed E-state index contributed by atoms with van der Waals surface area (Å²) >= 11 is 0. The van der Waals surface area contributed by atoms with Gasteiger partial charge in [0.05, 0.1) is 0 Å². The molecule has 15 heavy (non-hydrogen) atoms. The van der Waals surface area contributed by atoms with E-state index in [0.29, 0.717) is 0 Å². The molecule has 77 valence electrons. The molecule has 1 aromatic heterocycles. The minimum Gasteiger partial charge on any atom is -0.284 e. The minimum atomic E-state index is 0.918. The van der Waals surface area contributed by atoms with Crippen molar-refractivity contribution in [2.75, 3.05) is 0 Å². The predicted octanol–water partition coefficient (Wildman–Crippen LogP) is 3.22. The fourth-order valence-corrected chi connectivity index (χ4v) is 1.70. The van der Waals surface area contributed by atoms with E-state index in [-0.39, 0.29) is 0 Å². The maximum atomic E-state index is 4.17. The van der Waals surface area contributed by atoms with Crippen LogP contribution in [0.4, 0.5) is 0 Å². The van der Waals surface area contributed by atoms with Crippen molar-refractivity contribution in [3.63, 3.8) is 0 Å². The second kappa shape index (κ2) is 4.78. The standard InChI is InChI=1S/C13H15N2/c1-2-3-6-11-7-4-5-8-12(11)13-9-10-14-15-13/h4-5,7-8,10H,2-3,6H2,1H3,(H,14,15). The molecule has 0 fully saturated rings. The molecular weight excluding hydrogens is 184 g/mol. The lowest BCUT2D eigenvalue weighted by Crippen LogP contribution is -1.90. The van der Waals surface area contributed by atoms with Gasteiger partial charge in [-0.25, -0.2) is 0 Å². The van der Waals surface area contributed by atoms with E-state index in [1.54, 1.807) is 6.20 Å². The number of nitrogens with zero attached hydrogens (tertiary/aromatic N) is 1. The summed E-state index contributed by atoms with van der Waals surface area (Å²) in [4.78, 5) is 0. The number of aromatic nitrogens is 2. The van der Waals surface area contributed by atoms with E-state index in [1.807, 2.05) is 6.07 Å². The van der Waals surface area contributed by atoms with Gasteiger partial charge in [-0.2, -0.15) is 5.10 Å². The third-order valence-electron chi connectivity index (χ3n) is 2.52. The Balaban J connectivity index is 2.30. The third kappa shape index (κ3) is 2.27. The maximum absolute atomic E-state index is 4.17. The highest BCUT2D eigenvalue weighted by Crippen LogP contribution is 2.22. The van der Waals surface area contributed by atoms with Crippen LogP contribution in [0.25, 0.3) is 11.3 Å². The van der Waals surface area contributed by atoms with Gasteiger partial charge >= 0.3 is 0 Å². The van der Waals surface area contributed by atoms with Crippen LogP contribution in [0.1, 0.15) is 25.3 Å². The molecular formula is C13H15N2. The van der Waals surface area contributed by atoms with Gasteiger partial charge in [0.2, 0.25) is 0 Å². The second-order valence-corrected chi connectivity index (χ2v) is 3.64. The van der Waals surface area contributed by atoms with Crippen LogP contribution in [0.2, 0.25) is 0 Å². The zero-order valence-corrected chi connectivity index (χ0v) is 8.96. The number of aryl methyl sites for hydroxylation is 1. The van der Waals surface area contributed by atoms with Crippen molar-refractivity contribution in [2.45, 2.75) is 26.2 Å². The number of rotatable bonds is 4. The van der Waals surface area contributed by atoms with Crippen LogP contribution in [-0.2, 0) is 6.42 Å². The summed E-state index contributed by atoms with van der Waals surface area (Å²) < 4.78 is 0. The largest absolute Gasteiger partial charge is 0.284 e. The van der Waals surface area contributed by atoms with E-state index in [0.717, 1.165) is 12.1 Å². The van der Waals surface area contributed by atoms with E-state index in [4.69, 9.17) is 0 Å². The number of hydrogen-bond acceptors (Lipinski definition) is 1. The smallest absolute Gasteiger partial charge is 0.100 e. The molecule has 0 aliphatic rings. The van der Waals surface area contributed by atoms with Gasteiger partial charge in [0.15, 0.2) is 0 Å². The van der Waals surface area contributed by atoms with Gasteiger partial charge in [-0.3, -0.25) is 5.10 Å². The molecule has 2 nitrogen and oxygen atoms in total. The van der Waals surface area contributed by atoms with Gasteiger partial charge in [0, 0.05) is 17.8 Å². The number of hydrogen-bond donors (Lipinski definition) is 1. The van der Waals surface area contributed by atoms with Gasteiger partial charge in [0.1, 0.15) is 5.69 Å². The molecule has 1 radical (unpaired) electrons. The van der Waals surface area contributed by atoms with Crippen LogP contribution < -0.4 is 0 Å².